The van der Waals surface area contributed by atoms with Crippen molar-refractivity contribution in [1.29, 1.82) is 0 Å². The second-order valence-electron chi connectivity index (χ2n) is 2.51. The van der Waals surface area contributed by atoms with E-state index in [-0.39, 0.29) is 12.1 Å². The summed E-state index contributed by atoms with van der Waals surface area (Å²) in [5.74, 6) is -3.86. The van der Waals surface area contributed by atoms with Gasteiger partial charge in [0.15, 0.2) is 0 Å². The fourth-order valence-electron chi connectivity index (χ4n) is 0.927. The summed E-state index contributed by atoms with van der Waals surface area (Å²) in [6, 6.07) is 0.307. The van der Waals surface area contributed by atoms with Crippen molar-refractivity contribution in [3.05, 3.63) is 39.4 Å². The van der Waals surface area contributed by atoms with Crippen molar-refractivity contribution >= 4 is 5.69 Å². The number of nitro benzene ring substituents is 1. The molecule has 0 atom stereocenters. The van der Waals surface area contributed by atoms with Gasteiger partial charge in [-0.3, -0.25) is 10.1 Å². The molecule has 19 heavy (non-hydrogen) atoms. The van der Waals surface area contributed by atoms with Crippen LogP contribution in [0.3, 0.4) is 0 Å². The SMILES string of the molecule is CC.CC.O=[N+]([O-])c1c(F)ccc(C(F)(F)F)c1F. The Kier molecular flexibility index (Phi) is 8.65. The van der Waals surface area contributed by atoms with Gasteiger partial charge in [-0.15, -0.1) is 0 Å². The first kappa shape index (κ1) is 19.6. The average Bonchev–Trinajstić information content (AvgIpc) is 2.32. The van der Waals surface area contributed by atoms with Crippen molar-refractivity contribution in [3.8, 4) is 0 Å². The van der Waals surface area contributed by atoms with Crippen LogP contribution in [0.5, 0.6) is 0 Å². The van der Waals surface area contributed by atoms with Crippen LogP contribution in [0.4, 0.5) is 27.6 Å². The van der Waals surface area contributed by atoms with E-state index in [2.05, 4.69) is 0 Å². The van der Waals surface area contributed by atoms with E-state index < -0.39 is 34.0 Å². The largest absolute Gasteiger partial charge is 0.419 e. The monoisotopic (exact) mass is 287 g/mol. The number of nitrogens with zero attached hydrogens (tertiary/aromatic N) is 1. The molecule has 0 unspecified atom stereocenters. The molecule has 0 N–H and O–H groups in total. The van der Waals surface area contributed by atoms with Crippen molar-refractivity contribution in [2.24, 2.45) is 0 Å². The predicted molar refractivity (Wildman–Crippen MR) is 60.7 cm³/mol. The number of rotatable bonds is 1. The van der Waals surface area contributed by atoms with Gasteiger partial charge in [-0.25, -0.2) is 0 Å². The Morgan fingerprint density at radius 3 is 1.79 bits per heavy atom. The zero-order valence-corrected chi connectivity index (χ0v) is 10.8. The van der Waals surface area contributed by atoms with E-state index in [0.29, 0.717) is 0 Å². The molecule has 3 nitrogen and oxygen atoms in total. The van der Waals surface area contributed by atoms with Gasteiger partial charge in [-0.1, -0.05) is 27.7 Å². The van der Waals surface area contributed by atoms with E-state index in [0.717, 1.165) is 0 Å². The van der Waals surface area contributed by atoms with E-state index in [4.69, 9.17) is 0 Å². The zero-order chi connectivity index (χ0) is 15.8. The first-order chi connectivity index (χ1) is 8.75. The van der Waals surface area contributed by atoms with Gasteiger partial charge in [-0.05, 0) is 12.1 Å². The molecule has 8 heteroatoms. The fraction of sp³-hybridized carbons (Fsp3) is 0.455. The lowest BCUT2D eigenvalue weighted by atomic mass is 10.1. The van der Waals surface area contributed by atoms with Crippen molar-refractivity contribution in [1.82, 2.24) is 0 Å². The highest BCUT2D eigenvalue weighted by Gasteiger charge is 2.38. The first-order valence-electron chi connectivity index (χ1n) is 5.44. The van der Waals surface area contributed by atoms with Gasteiger partial charge in [0, 0.05) is 0 Å². The smallest absolute Gasteiger partial charge is 0.258 e. The third-order valence-corrected chi connectivity index (χ3v) is 1.55. The molecule has 110 valence electrons. The Hall–Kier alpha value is -1.73. The van der Waals surface area contributed by atoms with Crippen LogP contribution in [-0.4, -0.2) is 4.92 Å². The maximum atomic E-state index is 12.9. The Morgan fingerprint density at radius 1 is 1.05 bits per heavy atom. The molecule has 0 aliphatic carbocycles. The standard InChI is InChI=1S/C7H2F5NO2.2C2H6/c8-4-2-1-3(7(10,11)12)5(9)6(4)13(14)15;2*1-2/h1-2H;2*1-2H3. The summed E-state index contributed by atoms with van der Waals surface area (Å²) in [6.07, 6.45) is -5.09. The molecule has 0 radical (unpaired) electrons. The summed E-state index contributed by atoms with van der Waals surface area (Å²) in [5.41, 5.74) is -3.67. The molecule has 0 heterocycles. The zero-order valence-electron chi connectivity index (χ0n) is 10.8. The highest BCUT2D eigenvalue weighted by molar-refractivity contribution is 5.39. The van der Waals surface area contributed by atoms with Gasteiger partial charge < -0.3 is 0 Å². The van der Waals surface area contributed by atoms with Crippen LogP contribution in [0, 0.1) is 21.7 Å². The quantitative estimate of drug-likeness (QED) is 0.417. The number of nitro groups is 1. The molecule has 0 bridgehead atoms. The molecule has 0 fully saturated rings. The third-order valence-electron chi connectivity index (χ3n) is 1.55. The van der Waals surface area contributed by atoms with Gasteiger partial charge in [-0.2, -0.15) is 22.0 Å². The summed E-state index contributed by atoms with van der Waals surface area (Å²) in [4.78, 5) is 8.54. The van der Waals surface area contributed by atoms with Gasteiger partial charge in [0.2, 0.25) is 11.6 Å². The van der Waals surface area contributed by atoms with E-state index >= 15 is 0 Å². The van der Waals surface area contributed by atoms with Crippen LogP contribution >= 0.6 is 0 Å². The molecule has 1 aromatic rings. The topological polar surface area (TPSA) is 43.1 Å². The molecule has 0 saturated heterocycles. The third kappa shape index (κ3) is 5.19. The maximum Gasteiger partial charge on any atom is 0.419 e. The highest BCUT2D eigenvalue weighted by Crippen LogP contribution is 2.35. The van der Waals surface area contributed by atoms with E-state index in [1.807, 2.05) is 27.7 Å². The van der Waals surface area contributed by atoms with E-state index in [1.54, 1.807) is 0 Å². The van der Waals surface area contributed by atoms with Crippen molar-refractivity contribution < 1.29 is 26.9 Å². The van der Waals surface area contributed by atoms with E-state index in [1.165, 1.54) is 0 Å². The lowest BCUT2D eigenvalue weighted by molar-refractivity contribution is -0.390. The molecule has 1 rings (SSSR count). The summed E-state index contributed by atoms with van der Waals surface area (Å²) >= 11 is 0. The number of hydrogen-bond acceptors (Lipinski definition) is 2. The lowest BCUT2D eigenvalue weighted by Gasteiger charge is -2.07. The molecule has 0 aliphatic heterocycles. The Bertz CT molecular complexity index is 418. The van der Waals surface area contributed by atoms with E-state index in [9.17, 15) is 32.1 Å². The normalized spacial score (nSPS) is 9.74. The molecule has 0 aliphatic rings. The molecule has 0 amide bonds. The average molecular weight is 287 g/mol. The Morgan fingerprint density at radius 2 is 1.47 bits per heavy atom. The number of halogens is 5. The maximum absolute atomic E-state index is 12.9. The number of alkyl halides is 3. The summed E-state index contributed by atoms with van der Waals surface area (Å²) < 4.78 is 61.6. The minimum absolute atomic E-state index is 0.109. The number of hydrogen-bond donors (Lipinski definition) is 0. The Balaban J connectivity index is 0. The van der Waals surface area contributed by atoms with Crippen molar-refractivity contribution in [2.75, 3.05) is 0 Å². The molecule has 0 aromatic heterocycles. The highest BCUT2D eigenvalue weighted by atomic mass is 19.4. The van der Waals surface area contributed by atoms with Crippen molar-refractivity contribution in [3.63, 3.8) is 0 Å². The lowest BCUT2D eigenvalue weighted by Crippen LogP contribution is -2.10. The van der Waals surface area contributed by atoms with Crippen LogP contribution < -0.4 is 0 Å². The predicted octanol–water partition coefficient (Wildman–Crippen LogP) is 4.94. The van der Waals surface area contributed by atoms with Gasteiger partial charge in [0.05, 0.1) is 10.5 Å². The minimum Gasteiger partial charge on any atom is -0.258 e. The number of benzene rings is 1. The van der Waals surface area contributed by atoms with Crippen LogP contribution in [-0.2, 0) is 6.18 Å². The molecule has 0 saturated carbocycles. The molecular formula is C11H14F5NO2. The summed E-state index contributed by atoms with van der Waals surface area (Å²) in [7, 11) is 0. The molecular weight excluding hydrogens is 273 g/mol. The van der Waals surface area contributed by atoms with Crippen LogP contribution in [0.2, 0.25) is 0 Å². The second kappa shape index (κ2) is 8.39. The second-order valence-corrected chi connectivity index (χ2v) is 2.51. The van der Waals surface area contributed by atoms with Crippen molar-refractivity contribution in [2.45, 2.75) is 33.9 Å². The van der Waals surface area contributed by atoms with Gasteiger partial charge in [0.25, 0.3) is 0 Å². The first-order valence-corrected chi connectivity index (χ1v) is 5.44. The summed E-state index contributed by atoms with van der Waals surface area (Å²) in [6.45, 7) is 8.00. The molecule has 0 spiro atoms. The Labute approximate surface area is 107 Å². The fourth-order valence-corrected chi connectivity index (χ4v) is 0.927. The summed E-state index contributed by atoms with van der Waals surface area (Å²) in [5, 5.41) is 10.1. The van der Waals surface area contributed by atoms with Crippen LogP contribution in [0.25, 0.3) is 0 Å². The molecule has 1 aromatic carbocycles. The van der Waals surface area contributed by atoms with Crippen LogP contribution in [0.15, 0.2) is 12.1 Å². The van der Waals surface area contributed by atoms with Gasteiger partial charge in [0.1, 0.15) is 0 Å². The van der Waals surface area contributed by atoms with Gasteiger partial charge >= 0.3 is 11.9 Å². The minimum atomic E-state index is -5.09. The van der Waals surface area contributed by atoms with Crippen LogP contribution in [0.1, 0.15) is 33.3 Å².